The number of unbranched alkanes of at least 4 members (excludes halogenated alkanes) is 55. The van der Waals surface area contributed by atoms with Gasteiger partial charge in [-0.25, -0.2) is 9.13 Å². The van der Waals surface area contributed by atoms with E-state index in [-0.39, 0.29) is 25.7 Å². The Kier molecular flexibility index (Phi) is 77.5. The first kappa shape index (κ1) is 106. The number of aliphatic hydroxyl groups excluding tert-OH is 1. The van der Waals surface area contributed by atoms with Gasteiger partial charge in [0.25, 0.3) is 0 Å². The topological polar surface area (TPSA) is 237 Å². The Morgan fingerprint density at radius 3 is 0.630 bits per heavy atom. The van der Waals surface area contributed by atoms with Crippen LogP contribution in [0.1, 0.15) is 472 Å². The zero-order valence-electron chi connectivity index (χ0n) is 71.3. The molecule has 108 heavy (non-hydrogen) atoms. The maximum atomic E-state index is 13.2. The number of hydrogen-bond acceptors (Lipinski definition) is 15. The highest BCUT2D eigenvalue weighted by Gasteiger charge is 2.31. The summed E-state index contributed by atoms with van der Waals surface area (Å²) < 4.78 is 69.0. The van der Waals surface area contributed by atoms with Gasteiger partial charge in [-0.2, -0.15) is 0 Å². The molecule has 0 amide bonds. The van der Waals surface area contributed by atoms with Gasteiger partial charge in [-0.05, 0) is 43.4 Å². The summed E-state index contributed by atoms with van der Waals surface area (Å²) >= 11 is 0. The molecule has 0 aromatic rings. The molecule has 17 nitrogen and oxygen atoms in total. The number of phosphoric acid groups is 2. The minimum Gasteiger partial charge on any atom is -0.462 e. The Labute approximate surface area is 664 Å². The lowest BCUT2D eigenvalue weighted by Crippen LogP contribution is -2.30. The molecule has 0 saturated heterocycles. The van der Waals surface area contributed by atoms with E-state index in [1.807, 2.05) is 0 Å². The van der Waals surface area contributed by atoms with Gasteiger partial charge in [0.1, 0.15) is 19.3 Å². The van der Waals surface area contributed by atoms with Crippen LogP contribution in [0.2, 0.25) is 0 Å². The van der Waals surface area contributed by atoms with E-state index < -0.39 is 97.5 Å². The van der Waals surface area contributed by atoms with Crippen LogP contribution in [0.25, 0.3) is 0 Å². The largest absolute Gasteiger partial charge is 0.472 e. The van der Waals surface area contributed by atoms with Gasteiger partial charge < -0.3 is 33.8 Å². The molecule has 0 aliphatic rings. The number of esters is 4. The summed E-state index contributed by atoms with van der Waals surface area (Å²) in [5, 5.41) is 10.7. The zero-order valence-corrected chi connectivity index (χ0v) is 73.1. The van der Waals surface area contributed by atoms with E-state index in [1.165, 1.54) is 283 Å². The van der Waals surface area contributed by atoms with Crippen LogP contribution in [0, 0.1) is 17.8 Å². The van der Waals surface area contributed by atoms with Crippen molar-refractivity contribution in [1.82, 2.24) is 0 Å². The van der Waals surface area contributed by atoms with Crippen molar-refractivity contribution in [2.45, 2.75) is 491 Å². The van der Waals surface area contributed by atoms with Crippen molar-refractivity contribution in [3.8, 4) is 0 Å². The maximum Gasteiger partial charge on any atom is 0.472 e. The Balaban J connectivity index is 5.25. The van der Waals surface area contributed by atoms with Crippen LogP contribution in [0.3, 0.4) is 0 Å². The lowest BCUT2D eigenvalue weighted by molar-refractivity contribution is -0.161. The van der Waals surface area contributed by atoms with Gasteiger partial charge in [-0.3, -0.25) is 37.3 Å². The van der Waals surface area contributed by atoms with Crippen LogP contribution < -0.4 is 0 Å². The van der Waals surface area contributed by atoms with Crippen molar-refractivity contribution in [3.63, 3.8) is 0 Å². The smallest absolute Gasteiger partial charge is 0.462 e. The normalized spacial score (nSPS) is 13.8. The van der Waals surface area contributed by atoms with E-state index in [9.17, 15) is 43.2 Å². The molecule has 0 heterocycles. The quantitative estimate of drug-likeness (QED) is 0.0222. The van der Waals surface area contributed by atoms with Crippen LogP contribution in [0.15, 0.2) is 0 Å². The fourth-order valence-electron chi connectivity index (χ4n) is 13.9. The molecule has 0 fully saturated rings. The van der Waals surface area contributed by atoms with E-state index in [0.717, 1.165) is 108 Å². The van der Waals surface area contributed by atoms with Gasteiger partial charge in [0.05, 0.1) is 26.4 Å². The molecular formula is C89H174O17P2. The average Bonchev–Trinajstić information content (AvgIpc) is 0.900. The third-order valence-corrected chi connectivity index (χ3v) is 22.8. The van der Waals surface area contributed by atoms with Crippen molar-refractivity contribution in [2.24, 2.45) is 17.8 Å². The standard InChI is InChI=1S/C89H174O17P2/c1-8-9-10-11-12-13-14-15-16-17-18-19-20-21-26-31-36-43-51-58-65-72-88(93)105-84(76-99-86(91)70-63-56-49-42-35-30-25-23-22-24-28-33-39-46-53-60-67-80(2)3)78-103-107(95,96)101-74-83(90)75-102-108(97,98)104-79-85(77-100-87(92)71-64-57-50-45-38-41-48-55-62-69-82(6)7)106-89(94)73-66-59-52-44-37-32-27-29-34-40-47-54-61-68-81(4)5/h80-85,90H,8-79H2,1-7H3,(H,95,96)(H,97,98)/t83-,84-,85-/m1/s1. The number of hydrogen-bond donors (Lipinski definition) is 3. The summed E-state index contributed by atoms with van der Waals surface area (Å²) in [5.41, 5.74) is 0. The van der Waals surface area contributed by atoms with E-state index in [4.69, 9.17) is 37.0 Å². The van der Waals surface area contributed by atoms with Gasteiger partial charge in [-0.1, -0.05) is 421 Å². The lowest BCUT2D eigenvalue weighted by Gasteiger charge is -2.21. The molecule has 0 rings (SSSR count). The monoisotopic (exact) mass is 1580 g/mol. The zero-order chi connectivity index (χ0) is 79.3. The van der Waals surface area contributed by atoms with Crippen LogP contribution in [0.5, 0.6) is 0 Å². The number of rotatable bonds is 87. The summed E-state index contributed by atoms with van der Waals surface area (Å²) in [6.07, 6.45) is 70.9. The van der Waals surface area contributed by atoms with E-state index in [0.29, 0.717) is 25.7 Å². The predicted octanol–water partition coefficient (Wildman–Crippen LogP) is 27.3. The summed E-state index contributed by atoms with van der Waals surface area (Å²) in [7, 11) is -9.93. The molecule has 5 atom stereocenters. The molecule has 0 radical (unpaired) electrons. The van der Waals surface area contributed by atoms with E-state index in [2.05, 4.69) is 48.5 Å². The number of phosphoric ester groups is 2. The molecule has 3 N–H and O–H groups in total. The second-order valence-electron chi connectivity index (χ2n) is 33.4. The van der Waals surface area contributed by atoms with Gasteiger partial charge >= 0.3 is 39.5 Å². The molecule has 0 bridgehead atoms. The Morgan fingerprint density at radius 2 is 0.426 bits per heavy atom. The Morgan fingerprint density at radius 1 is 0.250 bits per heavy atom. The fourth-order valence-corrected chi connectivity index (χ4v) is 15.5. The lowest BCUT2D eigenvalue weighted by atomic mass is 10.0. The number of carbonyl (C=O) groups excluding carboxylic acids is 4. The predicted molar refractivity (Wildman–Crippen MR) is 446 cm³/mol. The molecule has 0 aromatic heterocycles. The molecule has 0 aliphatic carbocycles. The van der Waals surface area contributed by atoms with E-state index in [1.54, 1.807) is 0 Å². The SMILES string of the molecule is CCCCCCCCCCCCCCCCCCCCCCCC(=O)O[C@H](COC(=O)CCCCCCCCCCCCCCCCCCC(C)C)COP(=O)(O)OC[C@@H](O)COP(=O)(O)OC[C@@H](COC(=O)CCCCCCCCCCCC(C)C)OC(=O)CCCCCCCCCCCCCCCC(C)C. The molecule has 0 aliphatic heterocycles. The Hall–Kier alpha value is -1.94. The average molecular weight is 1580 g/mol. The van der Waals surface area contributed by atoms with Gasteiger partial charge in [-0.15, -0.1) is 0 Å². The van der Waals surface area contributed by atoms with Crippen molar-refractivity contribution in [1.29, 1.82) is 0 Å². The fraction of sp³-hybridized carbons (Fsp3) is 0.955. The van der Waals surface area contributed by atoms with Crippen LogP contribution in [-0.4, -0.2) is 96.7 Å². The molecule has 642 valence electrons. The van der Waals surface area contributed by atoms with Crippen LogP contribution in [0.4, 0.5) is 0 Å². The number of carbonyl (C=O) groups is 4. The highest BCUT2D eigenvalue weighted by Crippen LogP contribution is 2.45. The van der Waals surface area contributed by atoms with Gasteiger partial charge in [0.15, 0.2) is 12.2 Å². The second kappa shape index (κ2) is 78.9. The van der Waals surface area contributed by atoms with Gasteiger partial charge in [0, 0.05) is 25.7 Å². The van der Waals surface area contributed by atoms with Crippen molar-refractivity contribution in [3.05, 3.63) is 0 Å². The molecule has 2 unspecified atom stereocenters. The molecular weight excluding hydrogens is 1400 g/mol. The molecule has 0 spiro atoms. The summed E-state index contributed by atoms with van der Waals surface area (Å²) in [6, 6.07) is 0. The maximum absolute atomic E-state index is 13.2. The van der Waals surface area contributed by atoms with Crippen molar-refractivity contribution < 1.29 is 80.2 Å². The van der Waals surface area contributed by atoms with Gasteiger partial charge in [0.2, 0.25) is 0 Å². The number of ether oxygens (including phenoxy) is 4. The first-order valence-electron chi connectivity index (χ1n) is 45.8. The minimum atomic E-state index is -4.97. The summed E-state index contributed by atoms with van der Waals surface area (Å²) in [4.78, 5) is 73.4. The van der Waals surface area contributed by atoms with Crippen molar-refractivity contribution in [2.75, 3.05) is 39.6 Å². The number of aliphatic hydroxyl groups is 1. The van der Waals surface area contributed by atoms with Crippen LogP contribution in [-0.2, 0) is 65.4 Å². The second-order valence-corrected chi connectivity index (χ2v) is 36.3. The highest BCUT2D eigenvalue weighted by molar-refractivity contribution is 7.47. The van der Waals surface area contributed by atoms with Crippen LogP contribution >= 0.6 is 15.6 Å². The highest BCUT2D eigenvalue weighted by atomic mass is 31.2. The Bertz CT molecular complexity index is 2080. The summed E-state index contributed by atoms with van der Waals surface area (Å²) in [6.45, 7) is 12.0. The summed E-state index contributed by atoms with van der Waals surface area (Å²) in [5.74, 6) is 0.242. The van der Waals surface area contributed by atoms with Crippen molar-refractivity contribution >= 4 is 39.5 Å². The first-order chi connectivity index (χ1) is 52.2. The van der Waals surface area contributed by atoms with E-state index >= 15 is 0 Å². The molecule has 0 saturated carbocycles. The third-order valence-electron chi connectivity index (χ3n) is 20.9. The first-order valence-corrected chi connectivity index (χ1v) is 48.8. The molecule has 0 aromatic carbocycles. The third kappa shape index (κ3) is 82.1. The molecule has 19 heteroatoms. The minimum absolute atomic E-state index is 0.107.